The molecule has 0 radical (unpaired) electrons. The highest BCUT2D eigenvalue weighted by atomic mass is 19.4. The van der Waals surface area contributed by atoms with Crippen LogP contribution in [0.25, 0.3) is 0 Å². The molecule has 0 amide bonds. The number of halogens is 3. The minimum Gasteiger partial charge on any atom is -0.478 e. The summed E-state index contributed by atoms with van der Waals surface area (Å²) in [6.07, 6.45) is -0.468. The second-order valence-corrected chi connectivity index (χ2v) is 4.50. The lowest BCUT2D eigenvalue weighted by molar-refractivity contribution is -0.141. The van der Waals surface area contributed by atoms with Crippen LogP contribution in [0, 0.1) is 0 Å². The average Bonchev–Trinajstić information content (AvgIpc) is 2.74. The van der Waals surface area contributed by atoms with E-state index < -0.39 is 23.4 Å². The fraction of sp³-hybridized carbons (Fsp3) is 0.636. The molecule has 0 bridgehead atoms. The minimum atomic E-state index is -4.74. The average molecular weight is 262 g/mol. The van der Waals surface area contributed by atoms with E-state index in [1.807, 2.05) is 0 Å². The topological polar surface area (TPSA) is 66.0 Å². The van der Waals surface area contributed by atoms with Gasteiger partial charge in [0.2, 0.25) is 0 Å². The van der Waals surface area contributed by atoms with Crippen LogP contribution in [0.1, 0.15) is 59.8 Å². The van der Waals surface area contributed by atoms with Crippen molar-refractivity contribution in [2.45, 2.75) is 44.2 Å². The molecule has 0 unspecified atom stereocenters. The summed E-state index contributed by atoms with van der Waals surface area (Å²) < 4.78 is 37.9. The zero-order chi connectivity index (χ0) is 13.3. The van der Waals surface area contributed by atoms with E-state index in [1.165, 1.54) is 0 Å². The number of aromatic amines is 1. The van der Waals surface area contributed by atoms with E-state index in [0.717, 1.165) is 19.3 Å². The van der Waals surface area contributed by atoms with Crippen molar-refractivity contribution in [2.24, 2.45) is 0 Å². The molecule has 18 heavy (non-hydrogen) atoms. The lowest BCUT2D eigenvalue weighted by Crippen LogP contribution is -2.15. The number of hydrogen-bond acceptors (Lipinski definition) is 2. The third-order valence-corrected chi connectivity index (χ3v) is 3.29. The molecule has 0 spiro atoms. The van der Waals surface area contributed by atoms with E-state index in [0.29, 0.717) is 12.8 Å². The van der Waals surface area contributed by atoms with E-state index >= 15 is 0 Å². The smallest absolute Gasteiger partial charge is 0.436 e. The van der Waals surface area contributed by atoms with E-state index in [4.69, 9.17) is 5.11 Å². The summed E-state index contributed by atoms with van der Waals surface area (Å²) in [6.45, 7) is 0. The molecule has 0 aliphatic heterocycles. The molecule has 1 aromatic rings. The SMILES string of the molecule is O=C(O)c1c(C(F)(F)F)n[nH]c1C1CCCCC1. The number of nitrogens with one attached hydrogen (secondary N) is 1. The predicted molar refractivity (Wildman–Crippen MR) is 56.4 cm³/mol. The molecular weight excluding hydrogens is 249 g/mol. The van der Waals surface area contributed by atoms with E-state index in [2.05, 4.69) is 10.2 Å². The summed E-state index contributed by atoms with van der Waals surface area (Å²) in [5.41, 5.74) is -1.92. The number of hydrogen-bond donors (Lipinski definition) is 2. The van der Waals surface area contributed by atoms with Crippen LogP contribution in [0.3, 0.4) is 0 Å². The van der Waals surface area contributed by atoms with Gasteiger partial charge in [-0.1, -0.05) is 19.3 Å². The molecule has 0 saturated heterocycles. The summed E-state index contributed by atoms with van der Waals surface area (Å²) in [4.78, 5) is 11.0. The predicted octanol–water partition coefficient (Wildman–Crippen LogP) is 3.17. The Kier molecular flexibility index (Phi) is 3.32. The number of aromatic nitrogens is 2. The zero-order valence-electron chi connectivity index (χ0n) is 9.55. The number of H-pyrrole nitrogens is 1. The maximum atomic E-state index is 12.6. The van der Waals surface area contributed by atoms with E-state index in [-0.39, 0.29) is 11.6 Å². The maximum Gasteiger partial charge on any atom is 0.436 e. The highest BCUT2D eigenvalue weighted by molar-refractivity contribution is 5.90. The van der Waals surface area contributed by atoms with Gasteiger partial charge in [0.25, 0.3) is 0 Å². The number of carboxylic acids is 1. The summed E-state index contributed by atoms with van der Waals surface area (Å²) in [7, 11) is 0. The largest absolute Gasteiger partial charge is 0.478 e. The van der Waals surface area contributed by atoms with Gasteiger partial charge in [-0.25, -0.2) is 4.79 Å². The molecular formula is C11H13F3N2O2. The minimum absolute atomic E-state index is 0.120. The van der Waals surface area contributed by atoms with Crippen molar-refractivity contribution < 1.29 is 23.1 Å². The van der Waals surface area contributed by atoms with Crippen LogP contribution in [0.5, 0.6) is 0 Å². The van der Waals surface area contributed by atoms with Gasteiger partial charge in [-0.2, -0.15) is 18.3 Å². The number of alkyl halides is 3. The summed E-state index contributed by atoms with van der Waals surface area (Å²) >= 11 is 0. The Morgan fingerprint density at radius 2 is 1.89 bits per heavy atom. The van der Waals surface area contributed by atoms with E-state index in [1.54, 1.807) is 0 Å². The Hall–Kier alpha value is -1.53. The van der Waals surface area contributed by atoms with Crippen molar-refractivity contribution in [3.63, 3.8) is 0 Å². The van der Waals surface area contributed by atoms with Gasteiger partial charge in [0.1, 0.15) is 5.56 Å². The van der Waals surface area contributed by atoms with Crippen LogP contribution in [-0.2, 0) is 6.18 Å². The Morgan fingerprint density at radius 3 is 2.39 bits per heavy atom. The molecule has 1 aromatic heterocycles. The monoisotopic (exact) mass is 262 g/mol. The highest BCUT2D eigenvalue weighted by Gasteiger charge is 2.41. The first-order chi connectivity index (χ1) is 8.41. The zero-order valence-corrected chi connectivity index (χ0v) is 9.55. The summed E-state index contributed by atoms with van der Waals surface area (Å²) in [5.74, 6) is -1.73. The maximum absolute atomic E-state index is 12.6. The van der Waals surface area contributed by atoms with Crippen LogP contribution in [-0.4, -0.2) is 21.3 Å². The molecule has 1 aliphatic carbocycles. The van der Waals surface area contributed by atoms with Crippen molar-refractivity contribution in [1.82, 2.24) is 10.2 Å². The Balaban J connectivity index is 2.42. The van der Waals surface area contributed by atoms with Crippen LogP contribution >= 0.6 is 0 Å². The third kappa shape index (κ3) is 2.34. The first kappa shape index (κ1) is 12.9. The molecule has 2 N–H and O–H groups in total. The van der Waals surface area contributed by atoms with Crippen LogP contribution in [0.15, 0.2) is 0 Å². The van der Waals surface area contributed by atoms with Gasteiger partial charge in [0.05, 0.1) is 5.69 Å². The first-order valence-electron chi connectivity index (χ1n) is 5.80. The number of carbonyl (C=O) groups is 1. The Labute approximate surface area is 101 Å². The quantitative estimate of drug-likeness (QED) is 0.860. The standard InChI is InChI=1S/C11H13F3N2O2/c12-11(13,14)9-7(10(17)18)8(15-16-9)6-4-2-1-3-5-6/h6H,1-5H2,(H,15,16)(H,17,18). The van der Waals surface area contributed by atoms with Crippen molar-refractivity contribution in [2.75, 3.05) is 0 Å². The van der Waals surface area contributed by atoms with Crippen molar-refractivity contribution in [3.05, 3.63) is 17.0 Å². The molecule has 1 saturated carbocycles. The summed E-state index contributed by atoms with van der Waals surface area (Å²) in [5, 5.41) is 14.4. The third-order valence-electron chi connectivity index (χ3n) is 3.29. The Morgan fingerprint density at radius 1 is 1.28 bits per heavy atom. The van der Waals surface area contributed by atoms with E-state index in [9.17, 15) is 18.0 Å². The van der Waals surface area contributed by atoms with Gasteiger partial charge in [0.15, 0.2) is 5.69 Å². The molecule has 0 aromatic carbocycles. The molecule has 0 atom stereocenters. The number of rotatable bonds is 2. The normalized spacial score (nSPS) is 17.9. The molecule has 1 heterocycles. The fourth-order valence-corrected chi connectivity index (χ4v) is 2.46. The molecule has 7 heteroatoms. The van der Waals surface area contributed by atoms with Crippen LogP contribution in [0.2, 0.25) is 0 Å². The lowest BCUT2D eigenvalue weighted by Gasteiger charge is -2.20. The molecule has 2 rings (SSSR count). The van der Waals surface area contributed by atoms with Gasteiger partial charge in [0, 0.05) is 5.92 Å². The fourth-order valence-electron chi connectivity index (χ4n) is 2.46. The van der Waals surface area contributed by atoms with Gasteiger partial charge in [-0.15, -0.1) is 0 Å². The molecule has 4 nitrogen and oxygen atoms in total. The lowest BCUT2D eigenvalue weighted by atomic mass is 9.85. The number of carboxylic acid groups (broad SMARTS) is 1. The number of aromatic carboxylic acids is 1. The van der Waals surface area contributed by atoms with Gasteiger partial charge in [-0.05, 0) is 12.8 Å². The molecule has 100 valence electrons. The van der Waals surface area contributed by atoms with Gasteiger partial charge < -0.3 is 5.11 Å². The van der Waals surface area contributed by atoms with Crippen molar-refractivity contribution >= 4 is 5.97 Å². The highest BCUT2D eigenvalue weighted by Crippen LogP contribution is 2.38. The van der Waals surface area contributed by atoms with Crippen molar-refractivity contribution in [1.29, 1.82) is 0 Å². The van der Waals surface area contributed by atoms with Gasteiger partial charge >= 0.3 is 12.1 Å². The van der Waals surface area contributed by atoms with Crippen molar-refractivity contribution in [3.8, 4) is 0 Å². The Bertz CT molecular complexity index is 448. The van der Waals surface area contributed by atoms with Crippen LogP contribution in [0.4, 0.5) is 13.2 Å². The second-order valence-electron chi connectivity index (χ2n) is 4.50. The van der Waals surface area contributed by atoms with Crippen LogP contribution < -0.4 is 0 Å². The number of nitrogens with zero attached hydrogens (tertiary/aromatic N) is 1. The summed E-state index contributed by atoms with van der Waals surface area (Å²) in [6, 6.07) is 0. The van der Waals surface area contributed by atoms with Gasteiger partial charge in [-0.3, -0.25) is 5.10 Å². The molecule has 1 aliphatic rings. The second kappa shape index (κ2) is 4.62. The first-order valence-corrected chi connectivity index (χ1v) is 5.80. The molecule has 1 fully saturated rings.